The molecule has 126 valence electrons. The lowest BCUT2D eigenvalue weighted by Crippen LogP contribution is -2.27. The summed E-state index contributed by atoms with van der Waals surface area (Å²) in [6, 6.07) is 6.58. The molecule has 1 aromatic heterocycles. The summed E-state index contributed by atoms with van der Waals surface area (Å²) in [5, 5.41) is 10.1. The van der Waals surface area contributed by atoms with Crippen LogP contribution in [0.1, 0.15) is 39.3 Å². The quantitative estimate of drug-likeness (QED) is 0.833. The number of sulfone groups is 1. The zero-order valence-electron chi connectivity index (χ0n) is 13.7. The van der Waals surface area contributed by atoms with E-state index >= 15 is 0 Å². The van der Waals surface area contributed by atoms with Crippen molar-refractivity contribution in [1.29, 1.82) is 5.26 Å². The van der Waals surface area contributed by atoms with Gasteiger partial charge in [0.25, 0.3) is 0 Å². The molecule has 1 saturated carbocycles. The number of ether oxygens (including phenoxy) is 1. The number of fused-ring (bicyclic) bond motifs is 1. The van der Waals surface area contributed by atoms with Crippen LogP contribution in [0.15, 0.2) is 29.3 Å². The lowest BCUT2D eigenvalue weighted by Gasteiger charge is -2.19. The van der Waals surface area contributed by atoms with Crippen molar-refractivity contribution in [3.05, 3.63) is 30.1 Å². The molecule has 3 rings (SSSR count). The van der Waals surface area contributed by atoms with Crippen molar-refractivity contribution in [1.82, 2.24) is 4.57 Å². The molecule has 0 spiro atoms. The summed E-state index contributed by atoms with van der Waals surface area (Å²) in [7, 11) is -3.32. The minimum Gasteiger partial charge on any atom is -0.443 e. The molecule has 24 heavy (non-hydrogen) atoms. The van der Waals surface area contributed by atoms with Crippen molar-refractivity contribution in [3.8, 4) is 6.07 Å². The maximum atomic E-state index is 12.4. The highest BCUT2D eigenvalue weighted by molar-refractivity contribution is 7.92. The molecular weight excluding hydrogens is 328 g/mol. The highest BCUT2D eigenvalue weighted by atomic mass is 32.2. The summed E-state index contributed by atoms with van der Waals surface area (Å²) in [6.45, 7) is 5.21. The fourth-order valence-corrected chi connectivity index (χ4v) is 4.20. The Morgan fingerprint density at radius 2 is 2.00 bits per heavy atom. The zero-order chi connectivity index (χ0) is 17.7. The molecule has 0 aliphatic heterocycles. The van der Waals surface area contributed by atoms with Gasteiger partial charge in [0.1, 0.15) is 17.4 Å². The van der Waals surface area contributed by atoms with Crippen LogP contribution in [0.3, 0.4) is 0 Å². The number of carbonyl (C=O) groups excluding carboxylic acids is 1. The fourth-order valence-electron chi connectivity index (χ4n) is 2.51. The molecule has 1 aliphatic rings. The van der Waals surface area contributed by atoms with Crippen molar-refractivity contribution in [3.63, 3.8) is 0 Å². The zero-order valence-corrected chi connectivity index (χ0v) is 14.6. The Bertz CT molecular complexity index is 970. The maximum Gasteiger partial charge on any atom is 0.419 e. The number of benzene rings is 1. The highest BCUT2D eigenvalue weighted by Gasteiger charge is 2.37. The van der Waals surface area contributed by atoms with Gasteiger partial charge in [-0.3, -0.25) is 0 Å². The Balaban J connectivity index is 2.09. The molecule has 0 atom stereocenters. The highest BCUT2D eigenvalue weighted by Crippen LogP contribution is 2.35. The van der Waals surface area contributed by atoms with E-state index in [9.17, 15) is 18.5 Å². The van der Waals surface area contributed by atoms with Crippen LogP contribution >= 0.6 is 0 Å². The fraction of sp³-hybridized carbons (Fsp3) is 0.412. The normalized spacial score (nSPS) is 15.2. The van der Waals surface area contributed by atoms with Gasteiger partial charge in [-0.1, -0.05) is 6.07 Å². The number of hydrogen-bond donors (Lipinski definition) is 0. The minimum absolute atomic E-state index is 0.134. The second-order valence-corrected chi connectivity index (χ2v) is 9.16. The molecule has 1 aromatic carbocycles. The third-order valence-electron chi connectivity index (χ3n) is 3.78. The van der Waals surface area contributed by atoms with Crippen LogP contribution in [-0.2, 0) is 14.6 Å². The number of hydrogen-bond acceptors (Lipinski definition) is 5. The lowest BCUT2D eigenvalue weighted by molar-refractivity contribution is 0.0536. The lowest BCUT2D eigenvalue weighted by atomic mass is 10.2. The Labute approximate surface area is 140 Å². The van der Waals surface area contributed by atoms with Gasteiger partial charge in [-0.15, -0.1) is 0 Å². The third-order valence-corrected chi connectivity index (χ3v) is 6.04. The number of carbonyl (C=O) groups is 1. The molecule has 0 amide bonds. The van der Waals surface area contributed by atoms with Gasteiger partial charge in [0, 0.05) is 17.0 Å². The van der Waals surface area contributed by atoms with Crippen molar-refractivity contribution in [2.24, 2.45) is 0 Å². The summed E-state index contributed by atoms with van der Waals surface area (Å²) in [5.41, 5.74) is -0.560. The average Bonchev–Trinajstić information content (AvgIpc) is 3.26. The van der Waals surface area contributed by atoms with E-state index in [4.69, 9.17) is 4.74 Å². The summed E-state index contributed by atoms with van der Waals surface area (Å²) >= 11 is 0. The Morgan fingerprint density at radius 1 is 1.33 bits per heavy atom. The van der Waals surface area contributed by atoms with Crippen molar-refractivity contribution in [2.45, 2.75) is 49.4 Å². The van der Waals surface area contributed by atoms with Crippen LogP contribution in [0.5, 0.6) is 0 Å². The molecule has 1 fully saturated rings. The van der Waals surface area contributed by atoms with Crippen LogP contribution in [-0.4, -0.2) is 29.9 Å². The van der Waals surface area contributed by atoms with Gasteiger partial charge in [-0.05, 0) is 45.7 Å². The van der Waals surface area contributed by atoms with Gasteiger partial charge in [0.05, 0.1) is 10.1 Å². The van der Waals surface area contributed by atoms with Gasteiger partial charge >= 0.3 is 6.09 Å². The number of nitrogens with zero attached hydrogens (tertiary/aromatic N) is 2. The standard InChI is InChI=1S/C17H18N2O4S/c1-17(2,3)23-16(20)19-10-11-8-13(24(21,22)12-4-5-12)6-7-14(11)15(19)9-18/h6-8,10,12H,4-5H2,1-3H3. The van der Waals surface area contributed by atoms with E-state index in [2.05, 4.69) is 0 Å². The van der Waals surface area contributed by atoms with Gasteiger partial charge < -0.3 is 4.74 Å². The van der Waals surface area contributed by atoms with Crippen LogP contribution < -0.4 is 0 Å². The summed E-state index contributed by atoms with van der Waals surface area (Å²) in [4.78, 5) is 12.5. The molecular formula is C17H18N2O4S. The SMILES string of the molecule is CC(C)(C)OC(=O)n1cc2cc(S(=O)(=O)C3CC3)ccc2c1C#N. The van der Waals surface area contributed by atoms with Gasteiger partial charge in [0.2, 0.25) is 0 Å². The summed E-state index contributed by atoms with van der Waals surface area (Å²) < 4.78 is 31.1. The van der Waals surface area contributed by atoms with Gasteiger partial charge in [-0.2, -0.15) is 5.26 Å². The third kappa shape index (κ3) is 2.89. The van der Waals surface area contributed by atoms with E-state index in [0.29, 0.717) is 23.6 Å². The first-order valence-electron chi connectivity index (χ1n) is 7.66. The monoisotopic (exact) mass is 346 g/mol. The van der Waals surface area contributed by atoms with Crippen LogP contribution in [0.25, 0.3) is 10.8 Å². The molecule has 0 saturated heterocycles. The second-order valence-electron chi connectivity index (χ2n) is 6.93. The first-order chi connectivity index (χ1) is 11.1. The minimum atomic E-state index is -3.32. The van der Waals surface area contributed by atoms with Crippen LogP contribution in [0, 0.1) is 11.3 Å². The number of rotatable bonds is 2. The van der Waals surface area contributed by atoms with E-state index in [1.54, 1.807) is 26.8 Å². The number of nitriles is 1. The molecule has 0 unspecified atom stereocenters. The summed E-state index contributed by atoms with van der Waals surface area (Å²) in [5.74, 6) is 0. The first-order valence-corrected chi connectivity index (χ1v) is 9.20. The molecule has 0 radical (unpaired) electrons. The molecule has 1 aliphatic carbocycles. The second kappa shape index (κ2) is 5.35. The van der Waals surface area contributed by atoms with Crippen molar-refractivity contribution in [2.75, 3.05) is 0 Å². The molecule has 0 N–H and O–H groups in total. The van der Waals surface area contributed by atoms with E-state index in [0.717, 1.165) is 4.57 Å². The Morgan fingerprint density at radius 3 is 2.54 bits per heavy atom. The molecule has 1 heterocycles. The summed E-state index contributed by atoms with van der Waals surface area (Å²) in [6.07, 6.45) is 2.15. The first kappa shape index (κ1) is 16.5. The van der Waals surface area contributed by atoms with Crippen molar-refractivity contribution >= 4 is 26.7 Å². The average molecular weight is 346 g/mol. The molecule has 2 aromatic rings. The van der Waals surface area contributed by atoms with Crippen LogP contribution in [0.4, 0.5) is 4.79 Å². The predicted octanol–water partition coefficient (Wildman–Crippen LogP) is 3.23. The maximum absolute atomic E-state index is 12.4. The van der Waals surface area contributed by atoms with E-state index in [1.807, 2.05) is 6.07 Å². The van der Waals surface area contributed by atoms with Gasteiger partial charge in [-0.25, -0.2) is 17.8 Å². The van der Waals surface area contributed by atoms with Crippen LogP contribution in [0.2, 0.25) is 0 Å². The number of aromatic nitrogens is 1. The topological polar surface area (TPSA) is 89.2 Å². The molecule has 0 bridgehead atoms. The predicted molar refractivity (Wildman–Crippen MR) is 88.5 cm³/mol. The van der Waals surface area contributed by atoms with Crippen molar-refractivity contribution < 1.29 is 17.9 Å². The largest absolute Gasteiger partial charge is 0.443 e. The van der Waals surface area contributed by atoms with E-state index in [-0.39, 0.29) is 15.8 Å². The molecule has 6 nitrogen and oxygen atoms in total. The van der Waals surface area contributed by atoms with E-state index < -0.39 is 21.5 Å². The Kier molecular flexibility index (Phi) is 3.68. The van der Waals surface area contributed by atoms with E-state index in [1.165, 1.54) is 18.3 Å². The molecule has 7 heteroatoms. The smallest absolute Gasteiger partial charge is 0.419 e. The Hall–Kier alpha value is -2.33. The van der Waals surface area contributed by atoms with Gasteiger partial charge in [0.15, 0.2) is 9.84 Å².